The van der Waals surface area contributed by atoms with E-state index in [1.807, 2.05) is 6.07 Å². The van der Waals surface area contributed by atoms with Gasteiger partial charge in [0.1, 0.15) is 11.9 Å². The molecule has 1 aromatic heterocycles. The SMILES string of the molecule is CC1C(=O)N(c2cc(Cc3n[nH]c(=O)c4ccccc34)ccc2F)C(=O)N1CCN1CCCC(O)C1. The lowest BCUT2D eigenvalue weighted by Crippen LogP contribution is -2.44. The summed E-state index contributed by atoms with van der Waals surface area (Å²) < 4.78 is 14.9. The number of amides is 3. The Morgan fingerprint density at radius 1 is 1.11 bits per heavy atom. The van der Waals surface area contributed by atoms with E-state index in [1.165, 1.54) is 17.0 Å². The van der Waals surface area contributed by atoms with Crippen LogP contribution >= 0.6 is 0 Å². The first-order valence-corrected chi connectivity index (χ1v) is 12.1. The maximum Gasteiger partial charge on any atom is 0.332 e. The predicted molar refractivity (Wildman–Crippen MR) is 132 cm³/mol. The Balaban J connectivity index is 1.38. The van der Waals surface area contributed by atoms with Crippen LogP contribution < -0.4 is 10.5 Å². The summed E-state index contributed by atoms with van der Waals surface area (Å²) in [7, 11) is 0. The molecule has 188 valence electrons. The summed E-state index contributed by atoms with van der Waals surface area (Å²) in [6.45, 7) is 3.85. The number of aromatic nitrogens is 2. The van der Waals surface area contributed by atoms with Crippen LogP contribution in [0.3, 0.4) is 0 Å². The Labute approximate surface area is 207 Å². The second kappa shape index (κ2) is 9.79. The van der Waals surface area contributed by atoms with Crippen molar-refractivity contribution in [1.82, 2.24) is 20.0 Å². The molecule has 2 saturated heterocycles. The van der Waals surface area contributed by atoms with Crippen LogP contribution in [0.2, 0.25) is 0 Å². The van der Waals surface area contributed by atoms with Crippen molar-refractivity contribution in [2.45, 2.75) is 38.3 Å². The number of piperidine rings is 1. The first-order valence-electron chi connectivity index (χ1n) is 12.1. The van der Waals surface area contributed by atoms with Gasteiger partial charge in [0.05, 0.1) is 22.9 Å². The van der Waals surface area contributed by atoms with Crippen LogP contribution in [0.15, 0.2) is 47.3 Å². The van der Waals surface area contributed by atoms with Gasteiger partial charge in [-0.2, -0.15) is 5.10 Å². The van der Waals surface area contributed by atoms with Gasteiger partial charge in [0.25, 0.3) is 11.5 Å². The molecule has 9 nitrogen and oxygen atoms in total. The molecule has 0 radical (unpaired) electrons. The summed E-state index contributed by atoms with van der Waals surface area (Å²) >= 11 is 0. The average molecular weight is 494 g/mol. The number of fused-ring (bicyclic) bond motifs is 1. The van der Waals surface area contributed by atoms with Crippen LogP contribution in [0.25, 0.3) is 10.8 Å². The van der Waals surface area contributed by atoms with Crippen molar-refractivity contribution >= 4 is 28.4 Å². The number of benzene rings is 2. The van der Waals surface area contributed by atoms with Gasteiger partial charge < -0.3 is 10.0 Å². The Bertz CT molecular complexity index is 1380. The molecule has 3 aromatic rings. The topological polar surface area (TPSA) is 110 Å². The summed E-state index contributed by atoms with van der Waals surface area (Å²) in [4.78, 5) is 42.8. The summed E-state index contributed by atoms with van der Waals surface area (Å²) in [5, 5.41) is 17.7. The fourth-order valence-electron chi connectivity index (χ4n) is 5.04. The Morgan fingerprint density at radius 2 is 1.89 bits per heavy atom. The summed E-state index contributed by atoms with van der Waals surface area (Å²) in [5.74, 6) is -1.16. The van der Waals surface area contributed by atoms with Crippen LogP contribution in [0.5, 0.6) is 0 Å². The third-order valence-electron chi connectivity index (χ3n) is 7.02. The van der Waals surface area contributed by atoms with Crippen molar-refractivity contribution in [1.29, 1.82) is 0 Å². The maximum atomic E-state index is 14.9. The molecular formula is C26H28FN5O4. The largest absolute Gasteiger partial charge is 0.392 e. The highest BCUT2D eigenvalue weighted by atomic mass is 19.1. The first-order chi connectivity index (χ1) is 17.3. The number of halogens is 1. The van der Waals surface area contributed by atoms with Gasteiger partial charge in [-0.15, -0.1) is 0 Å². The number of imide groups is 1. The number of hydrogen-bond donors (Lipinski definition) is 2. The highest BCUT2D eigenvalue weighted by molar-refractivity contribution is 6.21. The third kappa shape index (κ3) is 4.49. The highest BCUT2D eigenvalue weighted by Gasteiger charge is 2.44. The van der Waals surface area contributed by atoms with E-state index in [0.717, 1.165) is 24.3 Å². The smallest absolute Gasteiger partial charge is 0.332 e. The van der Waals surface area contributed by atoms with Crippen LogP contribution in [-0.2, 0) is 11.2 Å². The monoisotopic (exact) mass is 493 g/mol. The van der Waals surface area contributed by atoms with Gasteiger partial charge in [0.15, 0.2) is 0 Å². The zero-order valence-corrected chi connectivity index (χ0v) is 20.0. The van der Waals surface area contributed by atoms with Crippen LogP contribution in [0, 0.1) is 5.82 Å². The van der Waals surface area contributed by atoms with Crippen LogP contribution in [0.4, 0.5) is 14.9 Å². The van der Waals surface area contributed by atoms with E-state index in [2.05, 4.69) is 15.1 Å². The summed E-state index contributed by atoms with van der Waals surface area (Å²) in [5.41, 5.74) is 0.847. The minimum atomic E-state index is -0.722. The molecule has 2 unspecified atom stereocenters. The van der Waals surface area contributed by atoms with Gasteiger partial charge in [0, 0.05) is 31.4 Å². The zero-order chi connectivity index (χ0) is 25.4. The number of aliphatic hydroxyl groups is 1. The van der Waals surface area contributed by atoms with E-state index < -0.39 is 23.8 Å². The fraction of sp³-hybridized carbons (Fsp3) is 0.385. The summed E-state index contributed by atoms with van der Waals surface area (Å²) in [6, 6.07) is 10.1. The molecule has 2 aliphatic rings. The van der Waals surface area contributed by atoms with Crippen molar-refractivity contribution in [3.05, 3.63) is 69.9 Å². The molecule has 0 bridgehead atoms. The van der Waals surface area contributed by atoms with E-state index >= 15 is 0 Å². The quantitative estimate of drug-likeness (QED) is 0.510. The lowest BCUT2D eigenvalue weighted by atomic mass is 10.0. The molecule has 5 rings (SSSR count). The molecule has 2 fully saturated rings. The van der Waals surface area contributed by atoms with Crippen molar-refractivity contribution in [3.8, 4) is 0 Å². The average Bonchev–Trinajstić information content (AvgIpc) is 3.08. The van der Waals surface area contributed by atoms with Gasteiger partial charge in [-0.25, -0.2) is 19.2 Å². The van der Waals surface area contributed by atoms with Crippen LogP contribution in [-0.4, -0.2) is 75.4 Å². The molecule has 2 aromatic carbocycles. The van der Waals surface area contributed by atoms with Crippen LogP contribution in [0.1, 0.15) is 31.0 Å². The number of β-amino-alcohol motifs (C(OH)–C–C–N with tert-alkyl or cyclic N) is 1. The number of urea groups is 1. The predicted octanol–water partition coefficient (Wildman–Crippen LogP) is 2.27. The molecule has 3 heterocycles. The number of rotatable bonds is 6. The minimum absolute atomic E-state index is 0.0982. The number of hydrogen-bond acceptors (Lipinski definition) is 6. The minimum Gasteiger partial charge on any atom is -0.392 e. The van der Waals surface area contributed by atoms with Crippen molar-refractivity contribution in [2.24, 2.45) is 0 Å². The number of carbonyl (C=O) groups excluding carboxylic acids is 2. The molecular weight excluding hydrogens is 465 g/mol. The normalized spacial score (nSPS) is 21.1. The first kappa shape index (κ1) is 24.1. The number of aromatic amines is 1. The number of nitrogens with one attached hydrogen (secondary N) is 1. The van der Waals surface area contributed by atoms with Gasteiger partial charge in [-0.05, 0) is 50.1 Å². The van der Waals surface area contributed by atoms with E-state index in [-0.39, 0.29) is 23.8 Å². The van der Waals surface area contributed by atoms with Gasteiger partial charge in [0.2, 0.25) is 0 Å². The Hall–Kier alpha value is -3.63. The Kier molecular flexibility index (Phi) is 6.55. The lowest BCUT2D eigenvalue weighted by molar-refractivity contribution is -0.119. The molecule has 2 atom stereocenters. The van der Waals surface area contributed by atoms with Crippen molar-refractivity contribution < 1.29 is 19.1 Å². The number of nitrogens with zero attached hydrogens (tertiary/aromatic N) is 4. The van der Waals surface area contributed by atoms with E-state index in [9.17, 15) is 23.9 Å². The zero-order valence-electron chi connectivity index (χ0n) is 20.0. The van der Waals surface area contributed by atoms with E-state index in [0.29, 0.717) is 41.7 Å². The fourth-order valence-corrected chi connectivity index (χ4v) is 5.04. The maximum absolute atomic E-state index is 14.9. The molecule has 2 aliphatic heterocycles. The number of H-pyrrole nitrogens is 1. The number of aliphatic hydroxyl groups excluding tert-OH is 1. The van der Waals surface area contributed by atoms with E-state index in [4.69, 9.17) is 0 Å². The lowest BCUT2D eigenvalue weighted by Gasteiger charge is -2.31. The highest BCUT2D eigenvalue weighted by Crippen LogP contribution is 2.29. The van der Waals surface area contributed by atoms with Gasteiger partial charge in [-0.3, -0.25) is 14.5 Å². The molecule has 0 saturated carbocycles. The standard InChI is InChI=1S/C26H28FN5O4/c1-16-25(35)32(26(36)31(16)12-11-30-10-4-5-18(33)15-30)23-14-17(8-9-21(23)27)13-22-19-6-2-3-7-20(19)24(34)29-28-22/h2-3,6-9,14,16,18,33H,4-5,10-13,15H2,1H3,(H,29,34). The number of anilines is 1. The third-order valence-corrected chi connectivity index (χ3v) is 7.02. The molecule has 2 N–H and O–H groups in total. The molecule has 0 spiro atoms. The number of carbonyl (C=O) groups is 2. The van der Waals surface area contributed by atoms with Gasteiger partial charge in [-0.1, -0.05) is 24.3 Å². The molecule has 0 aliphatic carbocycles. The van der Waals surface area contributed by atoms with Crippen molar-refractivity contribution in [2.75, 3.05) is 31.1 Å². The summed E-state index contributed by atoms with van der Waals surface area (Å²) in [6.07, 6.45) is 1.54. The van der Waals surface area contributed by atoms with Crippen molar-refractivity contribution in [3.63, 3.8) is 0 Å². The van der Waals surface area contributed by atoms with Gasteiger partial charge >= 0.3 is 6.03 Å². The Morgan fingerprint density at radius 3 is 2.67 bits per heavy atom. The second-order valence-corrected chi connectivity index (χ2v) is 9.43. The molecule has 3 amide bonds. The van der Waals surface area contributed by atoms with E-state index in [1.54, 1.807) is 31.2 Å². The molecule has 36 heavy (non-hydrogen) atoms. The second-order valence-electron chi connectivity index (χ2n) is 9.43. The molecule has 10 heteroatoms. The number of likely N-dealkylation sites (tertiary alicyclic amines) is 1.